The Morgan fingerprint density at radius 2 is 2.36 bits per heavy atom. The van der Waals surface area contributed by atoms with Gasteiger partial charge in [0.15, 0.2) is 6.20 Å². The molecule has 0 N–H and O–H groups in total. The first-order chi connectivity index (χ1) is 6.56. The lowest BCUT2D eigenvalue weighted by Gasteiger charge is -1.99. The van der Waals surface area contributed by atoms with Crippen molar-refractivity contribution in [3.05, 3.63) is 32.4 Å². The normalized spacial score (nSPS) is 9.57. The highest BCUT2D eigenvalue weighted by Crippen LogP contribution is 2.20. The van der Waals surface area contributed by atoms with Crippen LogP contribution in [0.25, 0.3) is 0 Å². The van der Waals surface area contributed by atoms with Crippen LogP contribution in [0.4, 0.5) is 5.82 Å². The largest absolute Gasteiger partial charge is 0.465 e. The molecular formula is C7H5BrN2O4. The fourth-order valence-corrected chi connectivity index (χ4v) is 1.17. The minimum absolute atomic E-state index is 0.0780. The Kier molecular flexibility index (Phi) is 3.13. The topological polar surface area (TPSA) is 82.3 Å². The standard InChI is InChI=1S/C7H5BrN2O4/c1-14-7(11)4-2-6(10(12)13)9-3-5(4)8/h2-3H,1H3. The third-order valence-corrected chi connectivity index (χ3v) is 2.07. The van der Waals surface area contributed by atoms with Crippen molar-refractivity contribution in [2.45, 2.75) is 0 Å². The molecule has 0 radical (unpaired) electrons. The lowest BCUT2D eigenvalue weighted by atomic mass is 10.2. The fraction of sp³-hybridized carbons (Fsp3) is 0.143. The van der Waals surface area contributed by atoms with Crippen LogP contribution in [0.2, 0.25) is 0 Å². The van der Waals surface area contributed by atoms with E-state index < -0.39 is 16.7 Å². The summed E-state index contributed by atoms with van der Waals surface area (Å²) in [5.74, 6) is -1.05. The van der Waals surface area contributed by atoms with E-state index in [0.717, 1.165) is 6.07 Å². The van der Waals surface area contributed by atoms with Gasteiger partial charge >= 0.3 is 11.8 Å². The molecule has 14 heavy (non-hydrogen) atoms. The molecule has 0 saturated carbocycles. The summed E-state index contributed by atoms with van der Waals surface area (Å²) in [6.07, 6.45) is 1.18. The average molecular weight is 261 g/mol. The molecule has 0 aromatic carbocycles. The molecule has 1 aromatic heterocycles. The van der Waals surface area contributed by atoms with Crippen molar-refractivity contribution in [2.24, 2.45) is 0 Å². The molecule has 0 unspecified atom stereocenters. The number of carbonyl (C=O) groups excluding carboxylic acids is 1. The van der Waals surface area contributed by atoms with Gasteiger partial charge in [-0.3, -0.25) is 0 Å². The number of ether oxygens (including phenoxy) is 1. The number of carbonyl (C=O) groups is 1. The molecule has 1 heterocycles. The summed E-state index contributed by atoms with van der Waals surface area (Å²) >= 11 is 3.04. The van der Waals surface area contributed by atoms with E-state index in [1.807, 2.05) is 0 Å². The number of nitrogens with zero attached hydrogens (tertiary/aromatic N) is 2. The molecule has 0 atom stereocenters. The SMILES string of the molecule is COC(=O)c1cc([N+](=O)[O-])ncc1Br. The predicted octanol–water partition coefficient (Wildman–Crippen LogP) is 1.54. The summed E-state index contributed by atoms with van der Waals surface area (Å²) in [5, 5.41) is 10.4. The van der Waals surface area contributed by atoms with Gasteiger partial charge in [-0.1, -0.05) is 0 Å². The van der Waals surface area contributed by atoms with Gasteiger partial charge in [0.25, 0.3) is 0 Å². The maximum Gasteiger partial charge on any atom is 0.364 e. The van der Waals surface area contributed by atoms with E-state index in [1.54, 1.807) is 0 Å². The first-order valence-corrected chi connectivity index (χ1v) is 4.24. The first-order valence-electron chi connectivity index (χ1n) is 3.44. The van der Waals surface area contributed by atoms with Crippen molar-refractivity contribution in [1.29, 1.82) is 0 Å². The molecule has 0 saturated heterocycles. The van der Waals surface area contributed by atoms with Crippen molar-refractivity contribution >= 4 is 27.7 Å². The summed E-state index contributed by atoms with van der Waals surface area (Å²) in [6.45, 7) is 0. The zero-order valence-electron chi connectivity index (χ0n) is 7.06. The first kappa shape index (κ1) is 10.6. The molecule has 0 bridgehead atoms. The van der Waals surface area contributed by atoms with Gasteiger partial charge in [-0.15, -0.1) is 0 Å². The molecule has 1 aromatic rings. The van der Waals surface area contributed by atoms with Crippen molar-refractivity contribution in [3.8, 4) is 0 Å². The van der Waals surface area contributed by atoms with E-state index in [9.17, 15) is 14.9 Å². The van der Waals surface area contributed by atoms with Crippen molar-refractivity contribution in [3.63, 3.8) is 0 Å². The van der Waals surface area contributed by atoms with Crippen LogP contribution < -0.4 is 0 Å². The van der Waals surface area contributed by atoms with Gasteiger partial charge in [0, 0.05) is 0 Å². The third kappa shape index (κ3) is 2.05. The number of halogens is 1. The smallest absolute Gasteiger partial charge is 0.364 e. The van der Waals surface area contributed by atoms with Crippen molar-refractivity contribution in [1.82, 2.24) is 4.98 Å². The quantitative estimate of drug-likeness (QED) is 0.458. The van der Waals surface area contributed by atoms with Crippen molar-refractivity contribution < 1.29 is 14.5 Å². The Hall–Kier alpha value is -1.50. The van der Waals surface area contributed by atoms with E-state index in [2.05, 4.69) is 25.7 Å². The Morgan fingerprint density at radius 3 is 2.86 bits per heavy atom. The summed E-state index contributed by atoms with van der Waals surface area (Å²) in [5.41, 5.74) is 0.0780. The van der Waals surface area contributed by atoms with Crippen LogP contribution in [-0.2, 0) is 4.74 Å². The second kappa shape index (κ2) is 4.14. The number of aromatic nitrogens is 1. The van der Waals surface area contributed by atoms with Gasteiger partial charge < -0.3 is 14.9 Å². The van der Waals surface area contributed by atoms with Crippen LogP contribution in [0.3, 0.4) is 0 Å². The van der Waals surface area contributed by atoms with Gasteiger partial charge in [0.05, 0.1) is 23.2 Å². The summed E-state index contributed by atoms with van der Waals surface area (Å²) in [6, 6.07) is 1.05. The molecule has 0 aliphatic rings. The Bertz CT molecular complexity index is 393. The molecule has 7 heteroatoms. The Labute approximate surface area is 87.2 Å². The van der Waals surface area contributed by atoms with Crippen molar-refractivity contribution in [2.75, 3.05) is 7.11 Å². The van der Waals surface area contributed by atoms with Crippen LogP contribution in [0.5, 0.6) is 0 Å². The fourth-order valence-electron chi connectivity index (χ4n) is 0.794. The van der Waals surface area contributed by atoms with Crippen LogP contribution in [0.1, 0.15) is 10.4 Å². The summed E-state index contributed by atoms with van der Waals surface area (Å²) < 4.78 is 4.79. The van der Waals surface area contributed by atoms with Crippen LogP contribution in [-0.4, -0.2) is 23.0 Å². The number of pyridine rings is 1. The van der Waals surface area contributed by atoms with Gasteiger partial charge in [-0.2, -0.15) is 0 Å². The number of hydrogen-bond acceptors (Lipinski definition) is 5. The lowest BCUT2D eigenvalue weighted by Crippen LogP contribution is -2.04. The van der Waals surface area contributed by atoms with Crippen LogP contribution in [0, 0.1) is 10.1 Å². The monoisotopic (exact) mass is 260 g/mol. The highest BCUT2D eigenvalue weighted by atomic mass is 79.9. The number of esters is 1. The highest BCUT2D eigenvalue weighted by molar-refractivity contribution is 9.10. The maximum absolute atomic E-state index is 11.1. The predicted molar refractivity (Wildman–Crippen MR) is 49.9 cm³/mol. The number of methoxy groups -OCH3 is 1. The average Bonchev–Trinajstić information content (AvgIpc) is 2.17. The molecule has 0 spiro atoms. The number of nitro groups is 1. The molecule has 6 nitrogen and oxygen atoms in total. The molecular weight excluding hydrogens is 256 g/mol. The van der Waals surface area contributed by atoms with Gasteiger partial charge in [-0.25, -0.2) is 4.79 Å². The van der Waals surface area contributed by atoms with E-state index in [1.165, 1.54) is 13.3 Å². The molecule has 0 aliphatic heterocycles. The van der Waals surface area contributed by atoms with Gasteiger partial charge in [-0.05, 0) is 25.8 Å². The second-order valence-electron chi connectivity index (χ2n) is 2.27. The number of rotatable bonds is 2. The Morgan fingerprint density at radius 1 is 1.71 bits per heavy atom. The van der Waals surface area contributed by atoms with Crippen LogP contribution >= 0.6 is 15.9 Å². The van der Waals surface area contributed by atoms with Gasteiger partial charge in [0.1, 0.15) is 0 Å². The van der Waals surface area contributed by atoms with E-state index in [4.69, 9.17) is 0 Å². The minimum atomic E-state index is -0.682. The molecule has 1 rings (SSSR count). The van der Waals surface area contributed by atoms with Gasteiger partial charge in [0.2, 0.25) is 0 Å². The van der Waals surface area contributed by atoms with Crippen LogP contribution in [0.15, 0.2) is 16.7 Å². The van der Waals surface area contributed by atoms with E-state index in [-0.39, 0.29) is 5.56 Å². The summed E-state index contributed by atoms with van der Waals surface area (Å²) in [4.78, 5) is 24.3. The molecule has 0 aliphatic carbocycles. The zero-order valence-corrected chi connectivity index (χ0v) is 8.65. The third-order valence-electron chi connectivity index (χ3n) is 1.43. The lowest BCUT2D eigenvalue weighted by molar-refractivity contribution is -0.389. The second-order valence-corrected chi connectivity index (χ2v) is 3.13. The zero-order chi connectivity index (χ0) is 10.7. The molecule has 0 fully saturated rings. The van der Waals surface area contributed by atoms with E-state index in [0.29, 0.717) is 4.47 Å². The minimum Gasteiger partial charge on any atom is -0.465 e. The summed E-state index contributed by atoms with van der Waals surface area (Å²) in [7, 11) is 1.20. The Balaban J connectivity index is 3.21. The maximum atomic E-state index is 11.1. The molecule has 74 valence electrons. The highest BCUT2D eigenvalue weighted by Gasteiger charge is 2.17. The number of hydrogen-bond donors (Lipinski definition) is 0. The van der Waals surface area contributed by atoms with E-state index >= 15 is 0 Å². The molecule has 0 amide bonds.